The van der Waals surface area contributed by atoms with Gasteiger partial charge in [-0.1, -0.05) is 23.9 Å². The second kappa shape index (κ2) is 6.70. The van der Waals surface area contributed by atoms with Crippen molar-refractivity contribution in [2.75, 3.05) is 18.8 Å². The van der Waals surface area contributed by atoms with Crippen molar-refractivity contribution in [3.05, 3.63) is 30.0 Å². The third kappa shape index (κ3) is 3.28. The third-order valence-corrected chi connectivity index (χ3v) is 4.20. The Kier molecular flexibility index (Phi) is 4.95. The predicted molar refractivity (Wildman–Crippen MR) is 82.9 cm³/mol. The van der Waals surface area contributed by atoms with Gasteiger partial charge in [0.2, 0.25) is 5.91 Å². The summed E-state index contributed by atoms with van der Waals surface area (Å²) in [7, 11) is 0. The number of amides is 1. The number of nitrogens with zero attached hydrogens (tertiary/aromatic N) is 3. The third-order valence-electron chi connectivity index (χ3n) is 3.15. The van der Waals surface area contributed by atoms with E-state index in [4.69, 9.17) is 0 Å². The number of rotatable bonds is 5. The van der Waals surface area contributed by atoms with E-state index in [1.54, 1.807) is 0 Å². The molecule has 0 unspecified atom stereocenters. The van der Waals surface area contributed by atoms with Crippen molar-refractivity contribution in [3.8, 4) is 0 Å². The van der Waals surface area contributed by atoms with Gasteiger partial charge in [-0.15, -0.1) is 0 Å². The van der Waals surface area contributed by atoms with E-state index < -0.39 is 0 Å². The molecule has 1 aromatic carbocycles. The first kappa shape index (κ1) is 14.8. The minimum Gasteiger partial charge on any atom is -0.343 e. The highest BCUT2D eigenvalue weighted by atomic mass is 32.2. The lowest BCUT2D eigenvalue weighted by Crippen LogP contribution is -2.31. The van der Waals surface area contributed by atoms with Crippen LogP contribution >= 0.6 is 11.8 Å². The smallest absolute Gasteiger partial charge is 0.232 e. The number of thioether (sulfide) groups is 1. The SMILES string of the molecule is CCN(CC)C(=O)CSc1nc2ccccc2nc1C. The van der Waals surface area contributed by atoms with Gasteiger partial charge in [-0.2, -0.15) is 0 Å². The van der Waals surface area contributed by atoms with Crippen molar-refractivity contribution in [2.24, 2.45) is 0 Å². The van der Waals surface area contributed by atoms with Crippen LogP contribution in [0.5, 0.6) is 0 Å². The van der Waals surface area contributed by atoms with E-state index in [1.807, 2.05) is 49.9 Å². The van der Waals surface area contributed by atoms with Crippen LogP contribution in [0.4, 0.5) is 0 Å². The predicted octanol–water partition coefficient (Wildman–Crippen LogP) is 2.90. The van der Waals surface area contributed by atoms with E-state index in [0.29, 0.717) is 5.75 Å². The largest absolute Gasteiger partial charge is 0.343 e. The molecular weight excluding hydrogens is 270 g/mol. The van der Waals surface area contributed by atoms with E-state index in [0.717, 1.165) is 34.8 Å². The Morgan fingerprint density at radius 3 is 2.35 bits per heavy atom. The zero-order valence-electron chi connectivity index (χ0n) is 12.1. The molecule has 0 bridgehead atoms. The van der Waals surface area contributed by atoms with E-state index in [2.05, 4.69) is 9.97 Å². The summed E-state index contributed by atoms with van der Waals surface area (Å²) in [6.45, 7) is 7.42. The lowest BCUT2D eigenvalue weighted by molar-refractivity contribution is -0.127. The van der Waals surface area contributed by atoms with Gasteiger partial charge >= 0.3 is 0 Å². The number of para-hydroxylation sites is 2. The fraction of sp³-hybridized carbons (Fsp3) is 0.400. The quantitative estimate of drug-likeness (QED) is 0.794. The molecule has 0 aliphatic heterocycles. The minimum absolute atomic E-state index is 0.148. The average molecular weight is 289 g/mol. The maximum Gasteiger partial charge on any atom is 0.232 e. The summed E-state index contributed by atoms with van der Waals surface area (Å²) in [4.78, 5) is 23.0. The van der Waals surface area contributed by atoms with Crippen molar-refractivity contribution in [3.63, 3.8) is 0 Å². The van der Waals surface area contributed by atoms with Crippen molar-refractivity contribution in [2.45, 2.75) is 25.8 Å². The molecule has 2 aromatic rings. The molecule has 1 aromatic heterocycles. The second-order valence-electron chi connectivity index (χ2n) is 4.46. The molecule has 0 fully saturated rings. The van der Waals surface area contributed by atoms with Crippen LogP contribution in [0.15, 0.2) is 29.3 Å². The maximum atomic E-state index is 12.0. The van der Waals surface area contributed by atoms with Gasteiger partial charge in [-0.25, -0.2) is 9.97 Å². The second-order valence-corrected chi connectivity index (χ2v) is 5.42. The molecule has 106 valence electrons. The van der Waals surface area contributed by atoms with Gasteiger partial charge in [0, 0.05) is 13.1 Å². The molecule has 0 radical (unpaired) electrons. The molecule has 4 nitrogen and oxygen atoms in total. The molecule has 0 aliphatic carbocycles. The Morgan fingerprint density at radius 1 is 1.15 bits per heavy atom. The van der Waals surface area contributed by atoms with Crippen LogP contribution in [0, 0.1) is 6.92 Å². The molecule has 5 heteroatoms. The highest BCUT2D eigenvalue weighted by molar-refractivity contribution is 7.99. The summed E-state index contributed by atoms with van der Waals surface area (Å²) in [5.41, 5.74) is 2.64. The summed E-state index contributed by atoms with van der Waals surface area (Å²) in [5, 5.41) is 0.837. The Hall–Kier alpha value is -1.62. The number of benzene rings is 1. The van der Waals surface area contributed by atoms with E-state index >= 15 is 0 Å². The number of hydrogen-bond donors (Lipinski definition) is 0. The molecule has 0 spiro atoms. The summed E-state index contributed by atoms with van der Waals surface area (Å²) in [6, 6.07) is 7.79. The molecular formula is C15H19N3OS. The number of aryl methyl sites for hydroxylation is 1. The van der Waals surface area contributed by atoms with Gasteiger partial charge in [0.15, 0.2) is 0 Å². The Labute approximate surface area is 123 Å². The van der Waals surface area contributed by atoms with Crippen molar-refractivity contribution >= 4 is 28.7 Å². The average Bonchev–Trinajstić information content (AvgIpc) is 2.46. The minimum atomic E-state index is 0.148. The Bertz CT molecular complexity index is 611. The monoisotopic (exact) mass is 289 g/mol. The van der Waals surface area contributed by atoms with Crippen LogP contribution in [-0.4, -0.2) is 39.6 Å². The molecule has 0 aliphatic rings. The normalized spacial score (nSPS) is 10.8. The number of fused-ring (bicyclic) bond motifs is 1. The van der Waals surface area contributed by atoms with Crippen LogP contribution in [0.3, 0.4) is 0 Å². The number of carbonyl (C=O) groups is 1. The van der Waals surface area contributed by atoms with Gasteiger partial charge in [0.1, 0.15) is 5.03 Å². The molecule has 0 atom stereocenters. The van der Waals surface area contributed by atoms with Crippen molar-refractivity contribution < 1.29 is 4.79 Å². The number of hydrogen-bond acceptors (Lipinski definition) is 4. The first-order chi connectivity index (χ1) is 9.65. The van der Waals surface area contributed by atoms with Gasteiger partial charge in [0.25, 0.3) is 0 Å². The number of carbonyl (C=O) groups excluding carboxylic acids is 1. The van der Waals surface area contributed by atoms with E-state index in [9.17, 15) is 4.79 Å². The van der Waals surface area contributed by atoms with E-state index in [-0.39, 0.29) is 5.91 Å². The lowest BCUT2D eigenvalue weighted by atomic mass is 10.3. The van der Waals surface area contributed by atoms with Crippen LogP contribution in [-0.2, 0) is 4.79 Å². The van der Waals surface area contributed by atoms with Crippen LogP contribution in [0.25, 0.3) is 11.0 Å². The Morgan fingerprint density at radius 2 is 1.75 bits per heavy atom. The first-order valence-electron chi connectivity index (χ1n) is 6.79. The van der Waals surface area contributed by atoms with Gasteiger partial charge < -0.3 is 4.90 Å². The standard InChI is InChI=1S/C15H19N3OS/c1-4-18(5-2)14(19)10-20-15-11(3)16-12-8-6-7-9-13(12)17-15/h6-9H,4-5,10H2,1-3H3. The first-order valence-corrected chi connectivity index (χ1v) is 7.78. The van der Waals surface area contributed by atoms with Gasteiger partial charge in [0.05, 0.1) is 22.5 Å². The molecule has 0 N–H and O–H groups in total. The zero-order valence-corrected chi connectivity index (χ0v) is 12.9. The fourth-order valence-electron chi connectivity index (χ4n) is 2.01. The van der Waals surface area contributed by atoms with Crippen LogP contribution in [0.2, 0.25) is 0 Å². The molecule has 0 saturated heterocycles. The molecule has 1 amide bonds. The highest BCUT2D eigenvalue weighted by Crippen LogP contribution is 2.22. The fourth-order valence-corrected chi connectivity index (χ4v) is 2.87. The zero-order chi connectivity index (χ0) is 14.5. The van der Waals surface area contributed by atoms with Gasteiger partial charge in [-0.05, 0) is 32.9 Å². The van der Waals surface area contributed by atoms with Crippen molar-refractivity contribution in [1.29, 1.82) is 0 Å². The van der Waals surface area contributed by atoms with Crippen LogP contribution in [0.1, 0.15) is 19.5 Å². The summed E-state index contributed by atoms with van der Waals surface area (Å²) in [5.74, 6) is 0.560. The highest BCUT2D eigenvalue weighted by Gasteiger charge is 2.12. The summed E-state index contributed by atoms with van der Waals surface area (Å²) >= 11 is 1.46. The summed E-state index contributed by atoms with van der Waals surface area (Å²) in [6.07, 6.45) is 0. The maximum absolute atomic E-state index is 12.0. The molecule has 2 rings (SSSR count). The molecule has 0 saturated carbocycles. The lowest BCUT2D eigenvalue weighted by Gasteiger charge is -2.18. The van der Waals surface area contributed by atoms with Gasteiger partial charge in [-0.3, -0.25) is 4.79 Å². The topological polar surface area (TPSA) is 46.1 Å². The number of aromatic nitrogens is 2. The van der Waals surface area contributed by atoms with Crippen molar-refractivity contribution in [1.82, 2.24) is 14.9 Å². The summed E-state index contributed by atoms with van der Waals surface area (Å²) < 4.78 is 0. The van der Waals surface area contributed by atoms with Crippen LogP contribution < -0.4 is 0 Å². The molecule has 1 heterocycles. The molecule has 20 heavy (non-hydrogen) atoms. The van der Waals surface area contributed by atoms with E-state index in [1.165, 1.54) is 11.8 Å². The Balaban J connectivity index is 2.13.